The van der Waals surface area contributed by atoms with Crippen molar-refractivity contribution in [1.29, 1.82) is 0 Å². The fraction of sp³-hybridized carbons (Fsp3) is 0.138. The Kier molecular flexibility index (Phi) is 7.97. The standard InChI is InChI=1S/C29H19F6N3O4S/c30-28(31,32)26(40)42-20-9-5-17(6-10-20)15-24-25(39)38(19-7-11-21(12-8-19)43-29(33,34)35)27(41)37(24)16-18-13-14-36-23-4-2-1-3-22(18)23/h1-14,39H,15-16H2. The molecule has 0 aliphatic heterocycles. The van der Waals surface area contributed by atoms with Gasteiger partial charge in [0.15, 0.2) is 0 Å². The predicted octanol–water partition coefficient (Wildman–Crippen LogP) is 6.61. The first kappa shape index (κ1) is 29.8. The van der Waals surface area contributed by atoms with Gasteiger partial charge in [-0.15, -0.1) is 0 Å². The number of aromatic nitrogens is 3. The van der Waals surface area contributed by atoms with Gasteiger partial charge in [0, 0.05) is 22.9 Å². The summed E-state index contributed by atoms with van der Waals surface area (Å²) in [6.07, 6.45) is -3.69. The van der Waals surface area contributed by atoms with Crippen LogP contribution in [0.2, 0.25) is 0 Å². The molecule has 0 aliphatic carbocycles. The second kappa shape index (κ2) is 11.5. The summed E-state index contributed by atoms with van der Waals surface area (Å²) in [5.41, 5.74) is -3.14. The third kappa shape index (κ3) is 6.69. The molecule has 1 N–H and O–H groups in total. The van der Waals surface area contributed by atoms with E-state index in [9.17, 15) is 41.0 Å². The third-order valence-electron chi connectivity index (χ3n) is 6.35. The van der Waals surface area contributed by atoms with Crippen LogP contribution in [0.1, 0.15) is 16.8 Å². The van der Waals surface area contributed by atoms with Crippen molar-refractivity contribution in [2.45, 2.75) is 29.5 Å². The Hall–Kier alpha value is -4.72. The van der Waals surface area contributed by atoms with Crippen LogP contribution >= 0.6 is 11.8 Å². The Balaban J connectivity index is 1.54. The van der Waals surface area contributed by atoms with E-state index >= 15 is 0 Å². The van der Waals surface area contributed by atoms with Gasteiger partial charge in [0.05, 0.1) is 23.4 Å². The summed E-state index contributed by atoms with van der Waals surface area (Å²) in [5.74, 6) is -3.22. The number of carbonyl (C=O) groups is 1. The van der Waals surface area contributed by atoms with E-state index in [1.54, 1.807) is 30.5 Å². The number of esters is 1. The molecule has 0 fully saturated rings. The van der Waals surface area contributed by atoms with Crippen LogP contribution in [-0.2, 0) is 17.8 Å². The molecule has 222 valence electrons. The van der Waals surface area contributed by atoms with Crippen LogP contribution in [0.3, 0.4) is 0 Å². The van der Waals surface area contributed by atoms with Crippen LogP contribution in [-0.4, -0.2) is 36.9 Å². The number of alkyl halides is 6. The average Bonchev–Trinajstić information content (AvgIpc) is 3.17. The topological polar surface area (TPSA) is 86.4 Å². The van der Waals surface area contributed by atoms with Crippen LogP contribution in [0, 0.1) is 0 Å². The quantitative estimate of drug-likeness (QED) is 0.0955. The molecule has 0 aliphatic rings. The first-order valence-corrected chi connectivity index (χ1v) is 13.2. The van der Waals surface area contributed by atoms with Gasteiger partial charge in [0.25, 0.3) is 0 Å². The molecule has 0 saturated carbocycles. The number of hydrogen-bond donors (Lipinski definition) is 1. The van der Waals surface area contributed by atoms with Crippen molar-refractivity contribution in [3.8, 4) is 17.3 Å². The highest BCUT2D eigenvalue weighted by molar-refractivity contribution is 8.00. The molecule has 3 aromatic carbocycles. The lowest BCUT2D eigenvalue weighted by atomic mass is 10.1. The van der Waals surface area contributed by atoms with Crippen molar-refractivity contribution in [3.05, 3.63) is 112 Å². The molecular weight excluding hydrogens is 600 g/mol. The molecular formula is C29H19F6N3O4S. The number of fused-ring (bicyclic) bond motifs is 1. The molecule has 0 bridgehead atoms. The van der Waals surface area contributed by atoms with E-state index < -0.39 is 29.2 Å². The summed E-state index contributed by atoms with van der Waals surface area (Å²) < 4.78 is 82.6. The van der Waals surface area contributed by atoms with Crippen molar-refractivity contribution in [2.24, 2.45) is 0 Å². The van der Waals surface area contributed by atoms with Crippen molar-refractivity contribution in [2.75, 3.05) is 0 Å². The van der Waals surface area contributed by atoms with E-state index in [0.29, 0.717) is 16.6 Å². The van der Waals surface area contributed by atoms with E-state index in [2.05, 4.69) is 9.72 Å². The Bertz CT molecular complexity index is 1840. The summed E-state index contributed by atoms with van der Waals surface area (Å²) in [5, 5.41) is 12.0. The maximum absolute atomic E-state index is 13.7. The van der Waals surface area contributed by atoms with E-state index in [4.69, 9.17) is 0 Å². The lowest BCUT2D eigenvalue weighted by Gasteiger charge is -2.11. The summed E-state index contributed by atoms with van der Waals surface area (Å²) >= 11 is -0.323. The maximum atomic E-state index is 13.7. The number of ether oxygens (including phenoxy) is 1. The highest BCUT2D eigenvalue weighted by atomic mass is 32.2. The van der Waals surface area contributed by atoms with E-state index in [1.165, 1.54) is 41.0 Å². The van der Waals surface area contributed by atoms with Crippen LogP contribution < -0.4 is 10.4 Å². The number of rotatable bonds is 7. The van der Waals surface area contributed by atoms with Crippen molar-refractivity contribution in [1.82, 2.24) is 14.1 Å². The number of imidazole rings is 1. The van der Waals surface area contributed by atoms with Gasteiger partial charge in [-0.1, -0.05) is 30.3 Å². The molecule has 7 nitrogen and oxygen atoms in total. The maximum Gasteiger partial charge on any atom is 0.491 e. The molecule has 0 radical (unpaired) electrons. The van der Waals surface area contributed by atoms with Gasteiger partial charge in [-0.2, -0.15) is 26.3 Å². The van der Waals surface area contributed by atoms with Crippen LogP contribution in [0.15, 0.2) is 94.7 Å². The first-order valence-electron chi connectivity index (χ1n) is 12.4. The molecule has 0 unspecified atom stereocenters. The molecule has 2 heterocycles. The minimum atomic E-state index is -5.18. The molecule has 0 spiro atoms. The van der Waals surface area contributed by atoms with Crippen LogP contribution in [0.5, 0.6) is 11.6 Å². The lowest BCUT2D eigenvalue weighted by molar-refractivity contribution is -0.189. The monoisotopic (exact) mass is 619 g/mol. The molecule has 2 aromatic heterocycles. The predicted molar refractivity (Wildman–Crippen MR) is 145 cm³/mol. The summed E-state index contributed by atoms with van der Waals surface area (Å²) in [7, 11) is 0. The number of hydrogen-bond acceptors (Lipinski definition) is 6. The highest BCUT2D eigenvalue weighted by Crippen LogP contribution is 2.37. The Morgan fingerprint density at radius 3 is 2.23 bits per heavy atom. The summed E-state index contributed by atoms with van der Waals surface area (Å²) in [4.78, 5) is 29.1. The van der Waals surface area contributed by atoms with Gasteiger partial charge >= 0.3 is 23.3 Å². The number of nitrogens with zero attached hydrogens (tertiary/aromatic N) is 3. The minimum absolute atomic E-state index is 0.0128. The van der Waals surface area contributed by atoms with Gasteiger partial charge in [-0.3, -0.25) is 9.55 Å². The van der Waals surface area contributed by atoms with Gasteiger partial charge < -0.3 is 9.84 Å². The summed E-state index contributed by atoms with van der Waals surface area (Å²) in [6, 6.07) is 18.8. The van der Waals surface area contributed by atoms with E-state index in [1.807, 2.05) is 6.07 Å². The number of benzene rings is 3. The molecule has 43 heavy (non-hydrogen) atoms. The minimum Gasteiger partial charge on any atom is -0.493 e. The normalized spacial score (nSPS) is 12.0. The average molecular weight is 620 g/mol. The SMILES string of the molecule is O=C(Oc1ccc(Cc2c(O)n(-c3ccc(SC(F)(F)F)cc3)c(=O)n2Cc2ccnc3ccccc23)cc1)C(F)(F)F. The van der Waals surface area contributed by atoms with Crippen molar-refractivity contribution < 1.29 is 41.0 Å². The number of para-hydroxylation sites is 1. The first-order chi connectivity index (χ1) is 20.3. The Morgan fingerprint density at radius 1 is 0.907 bits per heavy atom. The number of carbonyl (C=O) groups excluding carboxylic acids is 1. The lowest BCUT2D eigenvalue weighted by Crippen LogP contribution is -2.27. The largest absolute Gasteiger partial charge is 0.493 e. The zero-order valence-corrected chi connectivity index (χ0v) is 22.5. The molecule has 0 saturated heterocycles. The van der Waals surface area contributed by atoms with Gasteiger partial charge in [0.1, 0.15) is 5.75 Å². The highest BCUT2D eigenvalue weighted by Gasteiger charge is 2.41. The van der Waals surface area contributed by atoms with E-state index in [0.717, 1.165) is 22.1 Å². The number of aromatic hydroxyl groups is 1. The molecule has 14 heteroatoms. The number of pyridine rings is 1. The number of halogens is 6. The second-order valence-electron chi connectivity index (χ2n) is 9.21. The van der Waals surface area contributed by atoms with Gasteiger partial charge in [-0.05, 0) is 71.4 Å². The smallest absolute Gasteiger partial charge is 0.491 e. The van der Waals surface area contributed by atoms with Crippen LogP contribution in [0.25, 0.3) is 16.6 Å². The van der Waals surface area contributed by atoms with E-state index in [-0.39, 0.29) is 46.8 Å². The molecule has 0 atom stereocenters. The zero-order valence-electron chi connectivity index (χ0n) is 21.7. The van der Waals surface area contributed by atoms with Crippen molar-refractivity contribution in [3.63, 3.8) is 0 Å². The second-order valence-corrected chi connectivity index (χ2v) is 10.3. The number of thioether (sulfide) groups is 1. The molecule has 5 aromatic rings. The van der Waals surface area contributed by atoms with Crippen molar-refractivity contribution >= 4 is 28.6 Å². The fourth-order valence-corrected chi connectivity index (χ4v) is 4.98. The Labute approximate surface area is 243 Å². The fourth-order valence-electron chi connectivity index (χ4n) is 4.44. The van der Waals surface area contributed by atoms with Gasteiger partial charge in [-0.25, -0.2) is 14.2 Å². The molecule has 0 amide bonds. The molecule has 5 rings (SSSR count). The summed E-state index contributed by atoms with van der Waals surface area (Å²) in [6.45, 7) is -0.0128. The Morgan fingerprint density at radius 2 is 1.58 bits per heavy atom. The van der Waals surface area contributed by atoms with Gasteiger partial charge in [0.2, 0.25) is 5.88 Å². The van der Waals surface area contributed by atoms with Crippen LogP contribution in [0.4, 0.5) is 26.3 Å². The zero-order chi connectivity index (χ0) is 30.9. The third-order valence-corrected chi connectivity index (χ3v) is 7.09.